The number of hydrogen-bond donors (Lipinski definition) is 1. The van der Waals surface area contributed by atoms with E-state index in [1.54, 1.807) is 4.90 Å². The Balaban J connectivity index is 2.52. The van der Waals surface area contributed by atoms with E-state index in [4.69, 9.17) is 9.47 Å². The number of nitrogens with zero attached hydrogens (tertiary/aromatic N) is 1. The summed E-state index contributed by atoms with van der Waals surface area (Å²) >= 11 is 0. The number of rotatable bonds is 2. The molecule has 2 atom stereocenters. The van der Waals surface area contributed by atoms with Crippen molar-refractivity contribution in [2.75, 3.05) is 19.7 Å². The molecule has 1 saturated heterocycles. The van der Waals surface area contributed by atoms with Crippen LogP contribution in [0, 0.1) is 0 Å². The number of piperidine rings is 1. The lowest BCUT2D eigenvalue weighted by Crippen LogP contribution is -2.51. The first-order chi connectivity index (χ1) is 7.83. The van der Waals surface area contributed by atoms with Crippen LogP contribution in [0.2, 0.25) is 0 Å². The van der Waals surface area contributed by atoms with Crippen molar-refractivity contribution >= 4 is 6.09 Å². The van der Waals surface area contributed by atoms with Crippen LogP contribution in [0.25, 0.3) is 0 Å². The van der Waals surface area contributed by atoms with Crippen LogP contribution in [0.4, 0.5) is 4.79 Å². The van der Waals surface area contributed by atoms with Gasteiger partial charge in [-0.3, -0.25) is 0 Å². The first kappa shape index (κ1) is 14.3. The number of hydrogen-bond acceptors (Lipinski definition) is 4. The number of aliphatic hydroxyl groups is 1. The van der Waals surface area contributed by atoms with Crippen LogP contribution in [-0.4, -0.2) is 53.6 Å². The van der Waals surface area contributed by atoms with Crippen molar-refractivity contribution in [2.24, 2.45) is 0 Å². The van der Waals surface area contributed by atoms with E-state index in [1.807, 2.05) is 27.7 Å². The summed E-state index contributed by atoms with van der Waals surface area (Å²) in [5.41, 5.74) is -0.492. The fourth-order valence-corrected chi connectivity index (χ4v) is 1.77. The maximum absolute atomic E-state index is 11.8. The van der Waals surface area contributed by atoms with Crippen molar-refractivity contribution in [3.8, 4) is 0 Å². The van der Waals surface area contributed by atoms with Crippen LogP contribution < -0.4 is 0 Å². The average molecular weight is 245 g/mol. The second-order valence-electron chi connectivity index (χ2n) is 5.28. The molecule has 0 spiro atoms. The van der Waals surface area contributed by atoms with Crippen LogP contribution in [0.15, 0.2) is 0 Å². The quantitative estimate of drug-likeness (QED) is 0.798. The third-order valence-electron chi connectivity index (χ3n) is 2.56. The van der Waals surface area contributed by atoms with Gasteiger partial charge in [0.1, 0.15) is 11.7 Å². The molecule has 0 saturated carbocycles. The molecule has 1 aliphatic heterocycles. The number of likely N-dealkylation sites (tertiary alicyclic amines) is 1. The topological polar surface area (TPSA) is 59.0 Å². The van der Waals surface area contributed by atoms with Gasteiger partial charge in [-0.25, -0.2) is 4.79 Å². The first-order valence-corrected chi connectivity index (χ1v) is 6.11. The van der Waals surface area contributed by atoms with Gasteiger partial charge in [-0.15, -0.1) is 0 Å². The zero-order chi connectivity index (χ0) is 13.1. The van der Waals surface area contributed by atoms with E-state index in [9.17, 15) is 9.90 Å². The lowest BCUT2D eigenvalue weighted by molar-refractivity contribution is -0.0780. The zero-order valence-corrected chi connectivity index (χ0v) is 11.1. The number of carbonyl (C=O) groups excluding carboxylic acids is 1. The molecule has 1 amide bonds. The van der Waals surface area contributed by atoms with Gasteiger partial charge in [0.25, 0.3) is 0 Å². The highest BCUT2D eigenvalue weighted by molar-refractivity contribution is 5.68. The van der Waals surface area contributed by atoms with Crippen LogP contribution in [0.1, 0.15) is 34.1 Å². The third-order valence-corrected chi connectivity index (χ3v) is 2.56. The van der Waals surface area contributed by atoms with Gasteiger partial charge in [-0.2, -0.15) is 0 Å². The highest BCUT2D eigenvalue weighted by Gasteiger charge is 2.32. The van der Waals surface area contributed by atoms with Gasteiger partial charge in [0.05, 0.1) is 12.6 Å². The SMILES string of the molecule is CCOC1CN(C(=O)OC(C)(C)C)CCC1O. The van der Waals surface area contributed by atoms with Gasteiger partial charge in [0, 0.05) is 13.2 Å². The highest BCUT2D eigenvalue weighted by Crippen LogP contribution is 2.17. The van der Waals surface area contributed by atoms with Gasteiger partial charge in [-0.05, 0) is 34.1 Å². The Morgan fingerprint density at radius 3 is 2.65 bits per heavy atom. The molecule has 0 aromatic heterocycles. The van der Waals surface area contributed by atoms with E-state index in [1.165, 1.54) is 0 Å². The Kier molecular flexibility index (Phi) is 4.77. The molecule has 0 aromatic rings. The number of aliphatic hydroxyl groups excluding tert-OH is 1. The van der Waals surface area contributed by atoms with Gasteiger partial charge in [0.2, 0.25) is 0 Å². The third kappa shape index (κ3) is 4.52. The summed E-state index contributed by atoms with van der Waals surface area (Å²) in [7, 11) is 0. The van der Waals surface area contributed by atoms with Crippen molar-refractivity contribution in [3.63, 3.8) is 0 Å². The molecular weight excluding hydrogens is 222 g/mol. The Labute approximate surface area is 103 Å². The number of carbonyl (C=O) groups is 1. The van der Waals surface area contributed by atoms with Crippen LogP contribution >= 0.6 is 0 Å². The monoisotopic (exact) mass is 245 g/mol. The van der Waals surface area contributed by atoms with Gasteiger partial charge in [-0.1, -0.05) is 0 Å². The molecule has 5 heteroatoms. The molecule has 1 fully saturated rings. The van der Waals surface area contributed by atoms with E-state index in [0.717, 1.165) is 0 Å². The molecule has 100 valence electrons. The molecule has 1 N–H and O–H groups in total. The maximum Gasteiger partial charge on any atom is 0.410 e. The second kappa shape index (κ2) is 5.69. The number of ether oxygens (including phenoxy) is 2. The van der Waals surface area contributed by atoms with Gasteiger partial charge >= 0.3 is 6.09 Å². The Bertz CT molecular complexity index is 262. The summed E-state index contributed by atoms with van der Waals surface area (Å²) < 4.78 is 10.7. The van der Waals surface area contributed by atoms with Crippen LogP contribution in [0.5, 0.6) is 0 Å². The van der Waals surface area contributed by atoms with Gasteiger partial charge in [0.15, 0.2) is 0 Å². The lowest BCUT2D eigenvalue weighted by atomic mass is 10.1. The van der Waals surface area contributed by atoms with Crippen molar-refractivity contribution < 1.29 is 19.4 Å². The number of amides is 1. The van der Waals surface area contributed by atoms with E-state index in [0.29, 0.717) is 26.1 Å². The zero-order valence-electron chi connectivity index (χ0n) is 11.1. The minimum absolute atomic E-state index is 0.304. The second-order valence-corrected chi connectivity index (χ2v) is 5.28. The smallest absolute Gasteiger partial charge is 0.410 e. The average Bonchev–Trinajstić information content (AvgIpc) is 2.19. The predicted molar refractivity (Wildman–Crippen MR) is 63.8 cm³/mol. The summed E-state index contributed by atoms with van der Waals surface area (Å²) in [6.45, 7) is 8.82. The van der Waals surface area contributed by atoms with E-state index in [2.05, 4.69) is 0 Å². The summed E-state index contributed by atoms with van der Waals surface area (Å²) in [6, 6.07) is 0. The fourth-order valence-electron chi connectivity index (χ4n) is 1.77. The molecule has 0 aliphatic carbocycles. The summed E-state index contributed by atoms with van der Waals surface area (Å²) in [5, 5.41) is 9.73. The van der Waals surface area contributed by atoms with Crippen molar-refractivity contribution in [1.29, 1.82) is 0 Å². The summed E-state index contributed by atoms with van der Waals surface area (Å²) in [6.07, 6.45) is -0.604. The van der Waals surface area contributed by atoms with Crippen molar-refractivity contribution in [2.45, 2.75) is 51.9 Å². The molecule has 0 radical (unpaired) electrons. The van der Waals surface area contributed by atoms with E-state index < -0.39 is 11.7 Å². The Hall–Kier alpha value is -0.810. The molecule has 0 bridgehead atoms. The largest absolute Gasteiger partial charge is 0.444 e. The molecular formula is C12H23NO4. The molecule has 0 aromatic carbocycles. The predicted octanol–water partition coefficient (Wildman–Crippen LogP) is 1.39. The molecule has 17 heavy (non-hydrogen) atoms. The maximum atomic E-state index is 11.8. The molecule has 5 nitrogen and oxygen atoms in total. The molecule has 1 rings (SSSR count). The minimum Gasteiger partial charge on any atom is -0.444 e. The first-order valence-electron chi connectivity index (χ1n) is 6.11. The summed E-state index contributed by atoms with van der Waals surface area (Å²) in [4.78, 5) is 13.4. The molecule has 1 aliphatic rings. The normalized spacial score (nSPS) is 25.8. The van der Waals surface area contributed by atoms with Crippen molar-refractivity contribution in [3.05, 3.63) is 0 Å². The van der Waals surface area contributed by atoms with E-state index in [-0.39, 0.29) is 12.2 Å². The standard InChI is InChI=1S/C12H23NO4/c1-5-16-10-8-13(7-6-9(10)14)11(15)17-12(2,3)4/h9-10,14H,5-8H2,1-4H3. The summed E-state index contributed by atoms with van der Waals surface area (Å²) in [5.74, 6) is 0. The Morgan fingerprint density at radius 2 is 2.12 bits per heavy atom. The minimum atomic E-state index is -0.492. The lowest BCUT2D eigenvalue weighted by Gasteiger charge is -2.36. The highest BCUT2D eigenvalue weighted by atomic mass is 16.6. The molecule has 1 heterocycles. The molecule has 2 unspecified atom stereocenters. The van der Waals surface area contributed by atoms with Crippen LogP contribution in [-0.2, 0) is 9.47 Å². The van der Waals surface area contributed by atoms with Gasteiger partial charge < -0.3 is 19.5 Å². The fraction of sp³-hybridized carbons (Fsp3) is 0.917. The van der Waals surface area contributed by atoms with Crippen LogP contribution in [0.3, 0.4) is 0 Å². The van der Waals surface area contributed by atoms with E-state index >= 15 is 0 Å². The Morgan fingerprint density at radius 1 is 1.47 bits per heavy atom. The van der Waals surface area contributed by atoms with Crippen molar-refractivity contribution in [1.82, 2.24) is 4.90 Å².